The van der Waals surface area contributed by atoms with Gasteiger partial charge in [0.2, 0.25) is 11.8 Å². The van der Waals surface area contributed by atoms with Crippen molar-refractivity contribution in [2.24, 2.45) is 29.2 Å². The number of nitrogens with two attached hydrogens (primary N) is 2. The van der Waals surface area contributed by atoms with Gasteiger partial charge < -0.3 is 80.5 Å². The van der Waals surface area contributed by atoms with Gasteiger partial charge in [0, 0.05) is 70.3 Å². The summed E-state index contributed by atoms with van der Waals surface area (Å²) in [4.78, 5) is 63.4. The number of ketones is 1. The molecule has 80 heavy (non-hydrogen) atoms. The quantitative estimate of drug-likeness (QED) is 0.0444. The summed E-state index contributed by atoms with van der Waals surface area (Å²) in [7, 11) is 1.57. The second-order valence-corrected chi connectivity index (χ2v) is 23.9. The van der Waals surface area contributed by atoms with Gasteiger partial charge in [-0.2, -0.15) is 0 Å². The van der Waals surface area contributed by atoms with Crippen molar-refractivity contribution in [2.75, 3.05) is 32.1 Å². The molecule has 0 aliphatic carbocycles. The molecule has 9 N–H and O–H groups in total. The molecule has 21 nitrogen and oxygen atoms in total. The van der Waals surface area contributed by atoms with Crippen LogP contribution in [0.4, 0.5) is 15.3 Å². The Morgan fingerprint density at radius 3 is 2.38 bits per heavy atom. The van der Waals surface area contributed by atoms with E-state index in [1.807, 2.05) is 0 Å². The Balaban J connectivity index is 0.730. The predicted molar refractivity (Wildman–Crippen MR) is 295 cm³/mol. The van der Waals surface area contributed by atoms with Crippen LogP contribution in [0.15, 0.2) is 48.6 Å². The molecule has 8 rings (SSSR count). The summed E-state index contributed by atoms with van der Waals surface area (Å²) in [5, 5.41) is 21.5. The van der Waals surface area contributed by atoms with Crippen LogP contribution in [0.2, 0.25) is 0 Å². The monoisotopic (exact) mass is 1120 g/mol. The lowest BCUT2D eigenvalue weighted by molar-refractivity contribution is -0.276. The number of methoxy groups -OCH3 is 1. The number of carbonyl (C=O) groups is 5. The molecule has 1 aromatic carbocycles. The van der Waals surface area contributed by atoms with Gasteiger partial charge >= 0.3 is 12.1 Å². The summed E-state index contributed by atoms with van der Waals surface area (Å²) in [6.07, 6.45) is 6.85. The first kappa shape index (κ1) is 61.5. The van der Waals surface area contributed by atoms with E-state index in [0.717, 1.165) is 56.9 Å². The zero-order valence-electron chi connectivity index (χ0n) is 47.6. The highest BCUT2D eigenvalue weighted by Gasteiger charge is 2.56. The predicted octanol–water partition coefficient (Wildman–Crippen LogP) is 5.52. The average molecular weight is 1120 g/mol. The molecule has 5 amide bonds. The third-order valence-corrected chi connectivity index (χ3v) is 17.5. The molecular weight excluding hydrogens is 1030 g/mol. The van der Waals surface area contributed by atoms with Crippen LogP contribution < -0.4 is 32.7 Å². The first-order chi connectivity index (χ1) is 38.2. The van der Waals surface area contributed by atoms with Crippen LogP contribution in [0.3, 0.4) is 0 Å². The van der Waals surface area contributed by atoms with Gasteiger partial charge in [-0.1, -0.05) is 46.1 Å². The Morgan fingerprint density at radius 2 is 1.64 bits per heavy atom. The first-order valence-corrected chi connectivity index (χ1v) is 29.3. The number of primary amides is 1. The smallest absolute Gasteiger partial charge is 0.407 e. The second kappa shape index (κ2) is 28.1. The van der Waals surface area contributed by atoms with Gasteiger partial charge in [0.1, 0.15) is 24.5 Å². The van der Waals surface area contributed by atoms with Crippen molar-refractivity contribution in [1.29, 1.82) is 0 Å². The molecule has 18 atom stereocenters. The van der Waals surface area contributed by atoms with Crippen molar-refractivity contribution in [3.8, 4) is 0 Å². The average Bonchev–Trinajstić information content (AvgIpc) is 4.18. The van der Waals surface area contributed by atoms with Gasteiger partial charge in [-0.25, -0.2) is 9.59 Å². The van der Waals surface area contributed by atoms with Gasteiger partial charge in [0.05, 0.1) is 85.9 Å². The maximum Gasteiger partial charge on any atom is 0.407 e. The van der Waals surface area contributed by atoms with Crippen LogP contribution in [0.25, 0.3) is 0 Å². The first-order valence-electron chi connectivity index (χ1n) is 29.3. The Hall–Kier alpha value is -4.55. The summed E-state index contributed by atoms with van der Waals surface area (Å²) < 4.78 is 57.4. The highest BCUT2D eigenvalue weighted by atomic mass is 16.7. The molecule has 6 unspecified atom stereocenters. The molecule has 21 heteroatoms. The number of alkyl carbamates (subject to hydrolysis) is 1. The van der Waals surface area contributed by atoms with Gasteiger partial charge in [0.25, 0.3) is 0 Å². The Labute approximate surface area is 471 Å². The molecule has 0 radical (unpaired) electrons. The van der Waals surface area contributed by atoms with Crippen LogP contribution in [0, 0.1) is 17.8 Å². The number of ether oxygens (including phenoxy) is 9. The largest absolute Gasteiger partial charge is 0.445 e. The molecule has 7 fully saturated rings. The van der Waals surface area contributed by atoms with Crippen LogP contribution in [-0.2, 0) is 63.6 Å². The van der Waals surface area contributed by atoms with Crippen molar-refractivity contribution >= 4 is 35.4 Å². The minimum atomic E-state index is -0.987. The van der Waals surface area contributed by atoms with Gasteiger partial charge in [0.15, 0.2) is 5.79 Å². The molecule has 0 aromatic heterocycles. The number of nitrogens with one attached hydrogen (secondary N) is 4. The molecule has 7 aliphatic heterocycles. The number of Topliss-reactive ketones (excluding diaryl/α,β-unsaturated/α-hetero) is 1. The number of rotatable bonds is 26. The molecule has 446 valence electrons. The van der Waals surface area contributed by atoms with Crippen molar-refractivity contribution in [1.82, 2.24) is 16.0 Å². The molecule has 7 saturated heterocycles. The molecule has 7 aliphatic rings. The number of benzene rings is 1. The van der Waals surface area contributed by atoms with Crippen LogP contribution in [0.5, 0.6) is 0 Å². The number of aliphatic hydroxyl groups excluding tert-OH is 1. The van der Waals surface area contributed by atoms with Gasteiger partial charge in [-0.05, 0) is 112 Å². The Morgan fingerprint density at radius 1 is 0.863 bits per heavy atom. The molecular formula is C59H90N6O15. The molecule has 1 aromatic rings. The summed E-state index contributed by atoms with van der Waals surface area (Å²) in [6, 6.07) is 4.18. The number of anilines is 1. The van der Waals surface area contributed by atoms with E-state index in [9.17, 15) is 29.1 Å². The van der Waals surface area contributed by atoms with Crippen molar-refractivity contribution in [2.45, 2.75) is 234 Å². The number of urea groups is 1. The molecule has 0 spiro atoms. The van der Waals surface area contributed by atoms with E-state index in [2.05, 4.69) is 48.3 Å². The van der Waals surface area contributed by atoms with E-state index >= 15 is 0 Å². The molecule has 4 bridgehead atoms. The van der Waals surface area contributed by atoms with E-state index in [0.29, 0.717) is 42.9 Å². The van der Waals surface area contributed by atoms with Crippen molar-refractivity contribution in [3.05, 3.63) is 54.1 Å². The summed E-state index contributed by atoms with van der Waals surface area (Å²) in [6.45, 7) is 16.9. The Kier molecular flexibility index (Phi) is 21.6. The SMILES string of the molecule is C=C1CC(CC[C@]23CCC(O2)[C@H]2C[C@@H](O3)[C@H]3OC(CC(=O)C[C@H]4CO[C@H](CC(O)CNC(=O)OCc5ccc(NC(=O)C(CCCNC(N)=O)NC(=O)[C@@H](N)C(C)C)cc5)[C@@H]4OC)CC[C@@H]3O2)OC1CC[C@H]1C[C@@H](C)C(=C)[C@@H](C)O1. The van der Waals surface area contributed by atoms with E-state index < -0.39 is 60.1 Å². The third-order valence-electron chi connectivity index (χ3n) is 17.5. The minimum absolute atomic E-state index is 0.0226. The lowest BCUT2D eigenvalue weighted by atomic mass is 9.86. The molecule has 0 saturated carbocycles. The number of amides is 5. The fraction of sp³-hybridized carbons (Fsp3) is 0.746. The maximum atomic E-state index is 13.8. The van der Waals surface area contributed by atoms with Crippen LogP contribution >= 0.6 is 0 Å². The van der Waals surface area contributed by atoms with E-state index in [-0.39, 0.29) is 131 Å². The third kappa shape index (κ3) is 16.4. The molecule has 7 heterocycles. The second-order valence-electron chi connectivity index (χ2n) is 23.9. The normalized spacial score (nSPS) is 34.0. The topological polar surface area (TPSA) is 289 Å². The summed E-state index contributed by atoms with van der Waals surface area (Å²) >= 11 is 0. The van der Waals surface area contributed by atoms with Crippen LogP contribution in [-0.4, -0.2) is 159 Å². The van der Waals surface area contributed by atoms with Crippen LogP contribution in [0.1, 0.15) is 136 Å². The van der Waals surface area contributed by atoms with Crippen molar-refractivity contribution in [3.63, 3.8) is 0 Å². The zero-order valence-corrected chi connectivity index (χ0v) is 47.6. The zero-order chi connectivity index (χ0) is 57.3. The summed E-state index contributed by atoms with van der Waals surface area (Å²) in [5.41, 5.74) is 14.5. The lowest BCUT2D eigenvalue weighted by Gasteiger charge is -2.47. The number of carbonyl (C=O) groups excluding carboxylic acids is 5. The minimum Gasteiger partial charge on any atom is -0.445 e. The van der Waals surface area contributed by atoms with Gasteiger partial charge in [-0.3, -0.25) is 14.4 Å². The van der Waals surface area contributed by atoms with E-state index in [4.69, 9.17) is 54.1 Å². The van der Waals surface area contributed by atoms with Crippen molar-refractivity contribution < 1.29 is 71.7 Å². The fourth-order valence-corrected chi connectivity index (χ4v) is 12.8. The highest BCUT2D eigenvalue weighted by Crippen LogP contribution is 2.49. The summed E-state index contributed by atoms with van der Waals surface area (Å²) in [5.74, 6) is -1.55. The van der Waals surface area contributed by atoms with Gasteiger partial charge in [-0.15, -0.1) is 0 Å². The maximum absolute atomic E-state index is 13.8. The number of hydrogen-bond donors (Lipinski definition) is 7. The Bertz CT molecular complexity index is 2290. The lowest BCUT2D eigenvalue weighted by Crippen LogP contribution is -2.56. The van der Waals surface area contributed by atoms with E-state index in [1.54, 1.807) is 45.2 Å². The number of hydrogen-bond acceptors (Lipinski definition) is 16. The van der Waals surface area contributed by atoms with E-state index in [1.165, 1.54) is 5.57 Å². The number of aliphatic hydroxyl groups is 1. The standard InChI is InChI=1S/C59H90N6O15/c1-32(2)52(60)56(69)65-45(9-8-22-62-57(61)70)55(68)64-39-12-10-37(11-13-39)30-74-58(71)63-29-41(67)27-50-53(72-7)38(31-73-50)25-40(66)26-43-15-17-48-54(77-43)51-28-49(78-48)47-19-21-59(79-47,80-51)20-18-44-24-34(4)46(76-44)16-14-42-23-33(3)35(5)36(6)75-42/h10-13,32-33,36,38,41-54,67H,4-5,8-9,14-31,60H2,1-3,6-7H3,(H,63,71)(H,64,68)(H,65,69)(H3,61,62,70)/t33-,36-,38+,41?,42+,43?,44?,45?,46?,47?,48+,49-,50-,51-,52+,53-,54+,59+/m1/s1. The number of fused-ring (bicyclic) bond motifs is 7. The fourth-order valence-electron chi connectivity index (χ4n) is 12.8. The highest BCUT2D eigenvalue weighted by molar-refractivity contribution is 5.97.